The van der Waals surface area contributed by atoms with Crippen molar-refractivity contribution in [2.75, 3.05) is 0 Å². The van der Waals surface area contributed by atoms with E-state index in [-0.39, 0.29) is 18.1 Å². The van der Waals surface area contributed by atoms with E-state index < -0.39 is 0 Å². The highest BCUT2D eigenvalue weighted by Crippen LogP contribution is 2.40. The van der Waals surface area contributed by atoms with Crippen LogP contribution >= 0.6 is 0 Å². The van der Waals surface area contributed by atoms with Crippen LogP contribution in [0, 0.1) is 12.8 Å². The molecule has 0 radical (unpaired) electrons. The van der Waals surface area contributed by atoms with Crippen molar-refractivity contribution in [1.29, 1.82) is 0 Å². The van der Waals surface area contributed by atoms with E-state index >= 15 is 0 Å². The molecule has 1 aliphatic rings. The molecule has 1 aliphatic carbocycles. The fourth-order valence-electron chi connectivity index (χ4n) is 3.09. The number of carbonyl (C=O) groups is 1. The molecular formula is C20H24N2O. The zero-order chi connectivity index (χ0) is 16.2. The lowest BCUT2D eigenvalue weighted by molar-refractivity contribution is 0.232. The molecule has 23 heavy (non-hydrogen) atoms. The first-order valence-electron chi connectivity index (χ1n) is 8.32. The van der Waals surface area contributed by atoms with E-state index in [2.05, 4.69) is 41.8 Å². The molecule has 2 atom stereocenters. The Morgan fingerprint density at radius 1 is 1.00 bits per heavy atom. The quantitative estimate of drug-likeness (QED) is 0.838. The Hall–Kier alpha value is -2.29. The standard InChI is InChI=1S/C20H24N2O/c1-14-8-6-7-11-18(14)15(2)21-20(23)22-19(17-12-13-17)16-9-4-3-5-10-16/h3-11,15,17,19H,12-13H2,1-2H3,(H2,21,22,23). The van der Waals surface area contributed by atoms with Gasteiger partial charge in [-0.2, -0.15) is 0 Å². The summed E-state index contributed by atoms with van der Waals surface area (Å²) < 4.78 is 0. The van der Waals surface area contributed by atoms with Gasteiger partial charge >= 0.3 is 6.03 Å². The van der Waals surface area contributed by atoms with Crippen LogP contribution in [0.5, 0.6) is 0 Å². The van der Waals surface area contributed by atoms with E-state index in [1.54, 1.807) is 0 Å². The second kappa shape index (κ2) is 6.86. The fraction of sp³-hybridized carbons (Fsp3) is 0.350. The Morgan fingerprint density at radius 3 is 2.30 bits per heavy atom. The van der Waals surface area contributed by atoms with Crippen molar-refractivity contribution < 1.29 is 4.79 Å². The number of hydrogen-bond acceptors (Lipinski definition) is 1. The molecule has 1 fully saturated rings. The Labute approximate surface area is 138 Å². The minimum absolute atomic E-state index is 0.00757. The topological polar surface area (TPSA) is 41.1 Å². The maximum Gasteiger partial charge on any atom is 0.315 e. The highest BCUT2D eigenvalue weighted by atomic mass is 16.2. The molecular weight excluding hydrogens is 284 g/mol. The van der Waals surface area contributed by atoms with Gasteiger partial charge in [0.1, 0.15) is 0 Å². The number of carbonyl (C=O) groups excluding carboxylic acids is 1. The van der Waals surface area contributed by atoms with Crippen molar-refractivity contribution in [2.24, 2.45) is 5.92 Å². The molecule has 2 aromatic rings. The van der Waals surface area contributed by atoms with Gasteiger partial charge in [0, 0.05) is 0 Å². The summed E-state index contributed by atoms with van der Waals surface area (Å²) >= 11 is 0. The van der Waals surface area contributed by atoms with E-state index in [0.29, 0.717) is 5.92 Å². The number of benzene rings is 2. The molecule has 0 aromatic heterocycles. The average Bonchev–Trinajstić information content (AvgIpc) is 3.38. The predicted molar refractivity (Wildman–Crippen MR) is 93.2 cm³/mol. The first kappa shape index (κ1) is 15.6. The second-order valence-electron chi connectivity index (χ2n) is 6.42. The maximum absolute atomic E-state index is 12.4. The van der Waals surface area contributed by atoms with Gasteiger partial charge in [-0.15, -0.1) is 0 Å². The molecule has 2 unspecified atom stereocenters. The van der Waals surface area contributed by atoms with Gasteiger partial charge in [0.2, 0.25) is 0 Å². The third kappa shape index (κ3) is 3.92. The zero-order valence-electron chi connectivity index (χ0n) is 13.8. The molecule has 0 saturated heterocycles. The lowest BCUT2D eigenvalue weighted by Gasteiger charge is -2.22. The van der Waals surface area contributed by atoms with Gasteiger partial charge in [-0.05, 0) is 49.3 Å². The predicted octanol–water partition coefficient (Wildman–Crippen LogP) is 4.51. The maximum atomic E-state index is 12.4. The summed E-state index contributed by atoms with van der Waals surface area (Å²) in [4.78, 5) is 12.4. The van der Waals surface area contributed by atoms with Crippen molar-refractivity contribution >= 4 is 6.03 Å². The minimum Gasteiger partial charge on any atom is -0.332 e. The van der Waals surface area contributed by atoms with E-state index in [1.165, 1.54) is 24.0 Å². The molecule has 0 aliphatic heterocycles. The first-order chi connectivity index (χ1) is 11.1. The number of rotatable bonds is 5. The van der Waals surface area contributed by atoms with Crippen molar-refractivity contribution in [3.8, 4) is 0 Å². The van der Waals surface area contributed by atoms with Crippen LogP contribution in [-0.2, 0) is 0 Å². The van der Waals surface area contributed by atoms with E-state index in [4.69, 9.17) is 0 Å². The SMILES string of the molecule is Cc1ccccc1C(C)NC(=O)NC(c1ccccc1)C1CC1. The summed E-state index contributed by atoms with van der Waals surface area (Å²) in [5.74, 6) is 0.567. The summed E-state index contributed by atoms with van der Waals surface area (Å²) in [6, 6.07) is 18.4. The second-order valence-corrected chi connectivity index (χ2v) is 6.42. The highest BCUT2D eigenvalue weighted by molar-refractivity contribution is 5.75. The van der Waals surface area contributed by atoms with Crippen LogP contribution in [0.4, 0.5) is 4.79 Å². The summed E-state index contributed by atoms with van der Waals surface area (Å²) in [7, 11) is 0. The van der Waals surface area contributed by atoms with Crippen LogP contribution in [0.3, 0.4) is 0 Å². The molecule has 2 N–H and O–H groups in total. The Bertz CT molecular complexity index is 664. The smallest absolute Gasteiger partial charge is 0.315 e. The number of hydrogen-bond donors (Lipinski definition) is 2. The number of urea groups is 1. The Kier molecular flexibility index (Phi) is 4.65. The largest absolute Gasteiger partial charge is 0.332 e. The van der Waals surface area contributed by atoms with Crippen molar-refractivity contribution in [3.63, 3.8) is 0 Å². The fourth-order valence-corrected chi connectivity index (χ4v) is 3.09. The van der Waals surface area contributed by atoms with Crippen LogP contribution in [0.2, 0.25) is 0 Å². The third-order valence-corrected chi connectivity index (χ3v) is 4.54. The molecule has 3 heteroatoms. The zero-order valence-corrected chi connectivity index (χ0v) is 13.8. The molecule has 0 heterocycles. The number of amides is 2. The molecule has 1 saturated carbocycles. The molecule has 3 rings (SSSR count). The lowest BCUT2D eigenvalue weighted by Crippen LogP contribution is -2.40. The van der Waals surface area contributed by atoms with Gasteiger partial charge in [-0.3, -0.25) is 0 Å². The number of aryl methyl sites for hydroxylation is 1. The Balaban J connectivity index is 1.65. The minimum atomic E-state index is -0.0958. The van der Waals surface area contributed by atoms with E-state index in [1.807, 2.05) is 37.3 Å². The van der Waals surface area contributed by atoms with Gasteiger partial charge in [0.05, 0.1) is 12.1 Å². The number of nitrogens with one attached hydrogen (secondary N) is 2. The van der Waals surface area contributed by atoms with Gasteiger partial charge in [-0.1, -0.05) is 54.6 Å². The molecule has 2 amide bonds. The third-order valence-electron chi connectivity index (χ3n) is 4.54. The normalized spacial score (nSPS) is 16.4. The van der Waals surface area contributed by atoms with Crippen LogP contribution in [0.25, 0.3) is 0 Å². The highest BCUT2D eigenvalue weighted by Gasteiger charge is 2.33. The average molecular weight is 308 g/mol. The van der Waals surface area contributed by atoms with Crippen LogP contribution in [-0.4, -0.2) is 6.03 Å². The van der Waals surface area contributed by atoms with Gasteiger partial charge in [0.25, 0.3) is 0 Å². The van der Waals surface area contributed by atoms with E-state index in [0.717, 1.165) is 5.56 Å². The Morgan fingerprint density at radius 2 is 1.65 bits per heavy atom. The molecule has 120 valence electrons. The van der Waals surface area contributed by atoms with Crippen molar-refractivity contribution in [3.05, 3.63) is 71.3 Å². The van der Waals surface area contributed by atoms with Gasteiger partial charge in [-0.25, -0.2) is 4.79 Å². The summed E-state index contributed by atoms with van der Waals surface area (Å²) in [6.45, 7) is 4.10. The van der Waals surface area contributed by atoms with Crippen molar-refractivity contribution in [1.82, 2.24) is 10.6 Å². The molecule has 0 bridgehead atoms. The molecule has 0 spiro atoms. The monoisotopic (exact) mass is 308 g/mol. The molecule has 3 nitrogen and oxygen atoms in total. The van der Waals surface area contributed by atoms with Crippen molar-refractivity contribution in [2.45, 2.75) is 38.8 Å². The van der Waals surface area contributed by atoms with Crippen LogP contribution < -0.4 is 10.6 Å². The summed E-state index contributed by atoms with van der Waals surface area (Å²) in [5, 5.41) is 6.24. The van der Waals surface area contributed by atoms with Gasteiger partial charge < -0.3 is 10.6 Å². The first-order valence-corrected chi connectivity index (χ1v) is 8.32. The van der Waals surface area contributed by atoms with E-state index in [9.17, 15) is 4.79 Å². The molecule has 2 aromatic carbocycles. The lowest BCUT2D eigenvalue weighted by atomic mass is 10.0. The summed E-state index contributed by atoms with van der Waals surface area (Å²) in [6.07, 6.45) is 2.38. The van der Waals surface area contributed by atoms with Crippen LogP contribution in [0.15, 0.2) is 54.6 Å². The van der Waals surface area contributed by atoms with Gasteiger partial charge in [0.15, 0.2) is 0 Å². The summed E-state index contributed by atoms with van der Waals surface area (Å²) in [5.41, 5.74) is 3.54. The van der Waals surface area contributed by atoms with Crippen LogP contribution in [0.1, 0.15) is 48.5 Å².